The Kier molecular flexibility index (Phi) is 6.09. The van der Waals surface area contributed by atoms with Crippen molar-refractivity contribution < 1.29 is 9.13 Å². The van der Waals surface area contributed by atoms with Gasteiger partial charge < -0.3 is 9.30 Å². The first-order chi connectivity index (χ1) is 16.5. The Balaban J connectivity index is 1.20. The van der Waals surface area contributed by atoms with E-state index in [4.69, 9.17) is 15.0 Å². The number of thiazole rings is 1. The van der Waals surface area contributed by atoms with Gasteiger partial charge in [0.15, 0.2) is 5.65 Å². The highest BCUT2D eigenvalue weighted by molar-refractivity contribution is 7.11. The van der Waals surface area contributed by atoms with Crippen LogP contribution in [0.3, 0.4) is 0 Å². The van der Waals surface area contributed by atoms with Crippen molar-refractivity contribution in [2.24, 2.45) is 7.05 Å². The standard InChI is InChI=1S/C25H23FN6OS/c1-16-3-6-21-24(28-16)31(2)23(29-21)13-32-9-7-18(8-10-32)22-15-34-25(30-22)33-14-19-5-4-17(12-27)11-20(19)26/h3-7,11,15H,8-10,13-14H2,1-2H3. The van der Waals surface area contributed by atoms with Crippen LogP contribution in [-0.4, -0.2) is 37.5 Å². The number of ether oxygens (including phenoxy) is 1. The van der Waals surface area contributed by atoms with Crippen LogP contribution in [0, 0.1) is 24.1 Å². The SMILES string of the molecule is Cc1ccc2nc(CN3CC=C(c4csc(OCc5ccc(C#N)cc5F)n4)CC3)n(C)c2n1. The summed E-state index contributed by atoms with van der Waals surface area (Å²) in [5, 5.41) is 11.3. The van der Waals surface area contributed by atoms with Crippen molar-refractivity contribution >= 4 is 28.1 Å². The zero-order valence-electron chi connectivity index (χ0n) is 19.0. The number of aryl methyl sites for hydroxylation is 2. The minimum Gasteiger partial charge on any atom is -0.465 e. The maximum atomic E-state index is 14.1. The lowest BCUT2D eigenvalue weighted by Gasteiger charge is -2.25. The second-order valence-corrected chi connectivity index (χ2v) is 9.12. The molecule has 34 heavy (non-hydrogen) atoms. The van der Waals surface area contributed by atoms with E-state index in [1.165, 1.54) is 23.0 Å². The fraction of sp³-hybridized carbons (Fsp3) is 0.280. The number of hydrogen-bond donors (Lipinski definition) is 0. The van der Waals surface area contributed by atoms with Gasteiger partial charge in [-0.25, -0.2) is 19.3 Å². The second kappa shape index (κ2) is 9.33. The molecule has 1 aromatic carbocycles. The molecule has 0 radical (unpaired) electrons. The smallest absolute Gasteiger partial charge is 0.274 e. The first-order valence-electron chi connectivity index (χ1n) is 11.0. The van der Waals surface area contributed by atoms with E-state index in [0.717, 1.165) is 54.4 Å². The van der Waals surface area contributed by atoms with E-state index >= 15 is 0 Å². The van der Waals surface area contributed by atoms with Crippen molar-refractivity contribution in [1.29, 1.82) is 5.26 Å². The van der Waals surface area contributed by atoms with Crippen molar-refractivity contribution in [3.8, 4) is 11.3 Å². The molecule has 0 saturated heterocycles. The molecular weight excluding hydrogens is 451 g/mol. The van der Waals surface area contributed by atoms with Crippen LogP contribution in [0.5, 0.6) is 5.19 Å². The monoisotopic (exact) mass is 474 g/mol. The molecule has 0 N–H and O–H groups in total. The summed E-state index contributed by atoms with van der Waals surface area (Å²) in [7, 11) is 2.02. The van der Waals surface area contributed by atoms with Gasteiger partial charge in [0.25, 0.3) is 5.19 Å². The second-order valence-electron chi connectivity index (χ2n) is 8.30. The highest BCUT2D eigenvalue weighted by Crippen LogP contribution is 2.28. The van der Waals surface area contributed by atoms with Gasteiger partial charge >= 0.3 is 0 Å². The predicted molar refractivity (Wildman–Crippen MR) is 129 cm³/mol. The summed E-state index contributed by atoms with van der Waals surface area (Å²) in [5.74, 6) is 0.557. The normalized spacial score (nSPS) is 14.2. The Hall–Kier alpha value is -3.61. The van der Waals surface area contributed by atoms with Crippen LogP contribution in [0.25, 0.3) is 16.7 Å². The number of imidazole rings is 1. The van der Waals surface area contributed by atoms with E-state index in [9.17, 15) is 4.39 Å². The topological polar surface area (TPSA) is 79.9 Å². The molecule has 172 valence electrons. The molecule has 0 fully saturated rings. The van der Waals surface area contributed by atoms with Gasteiger partial charge in [-0.15, -0.1) is 0 Å². The fourth-order valence-corrected chi connectivity index (χ4v) is 4.67. The number of pyridine rings is 1. The lowest BCUT2D eigenvalue weighted by atomic mass is 10.1. The summed E-state index contributed by atoms with van der Waals surface area (Å²) in [6.45, 7) is 4.55. The molecule has 4 heterocycles. The number of nitriles is 1. The number of halogens is 1. The van der Waals surface area contributed by atoms with Gasteiger partial charge in [-0.3, -0.25) is 4.90 Å². The zero-order valence-corrected chi connectivity index (χ0v) is 19.8. The Morgan fingerprint density at radius 1 is 1.21 bits per heavy atom. The average Bonchev–Trinajstić information content (AvgIpc) is 3.44. The third-order valence-corrected chi connectivity index (χ3v) is 6.70. The Morgan fingerprint density at radius 3 is 2.85 bits per heavy atom. The van der Waals surface area contributed by atoms with Crippen molar-refractivity contribution in [3.63, 3.8) is 0 Å². The Labute approximate surface area is 200 Å². The summed E-state index contributed by atoms with van der Waals surface area (Å²) in [6.07, 6.45) is 3.09. The van der Waals surface area contributed by atoms with Crippen LogP contribution >= 0.6 is 11.3 Å². The fourth-order valence-electron chi connectivity index (χ4n) is 3.98. The van der Waals surface area contributed by atoms with Crippen LogP contribution in [-0.2, 0) is 20.2 Å². The summed E-state index contributed by atoms with van der Waals surface area (Å²) in [4.78, 5) is 16.3. The molecule has 4 aromatic rings. The number of hydrogen-bond acceptors (Lipinski definition) is 7. The molecule has 9 heteroatoms. The van der Waals surface area contributed by atoms with Crippen LogP contribution in [0.1, 0.15) is 34.8 Å². The van der Waals surface area contributed by atoms with Gasteiger partial charge in [0.05, 0.1) is 23.9 Å². The highest BCUT2D eigenvalue weighted by atomic mass is 32.1. The van der Waals surface area contributed by atoms with Gasteiger partial charge in [0.2, 0.25) is 0 Å². The molecule has 0 aliphatic carbocycles. The van der Waals surface area contributed by atoms with E-state index in [0.29, 0.717) is 16.3 Å². The van der Waals surface area contributed by atoms with Crippen LogP contribution in [0.4, 0.5) is 4.39 Å². The van der Waals surface area contributed by atoms with E-state index in [2.05, 4.69) is 25.5 Å². The van der Waals surface area contributed by atoms with Crippen LogP contribution in [0.2, 0.25) is 0 Å². The van der Waals surface area contributed by atoms with Gasteiger partial charge in [-0.1, -0.05) is 23.5 Å². The quantitative estimate of drug-likeness (QED) is 0.406. The lowest BCUT2D eigenvalue weighted by molar-refractivity contribution is 0.283. The molecule has 3 aromatic heterocycles. The molecule has 7 nitrogen and oxygen atoms in total. The summed E-state index contributed by atoms with van der Waals surface area (Å²) < 4.78 is 21.8. The minimum atomic E-state index is -0.447. The zero-order chi connectivity index (χ0) is 23.7. The number of rotatable bonds is 6. The number of nitrogens with zero attached hydrogens (tertiary/aromatic N) is 6. The summed E-state index contributed by atoms with van der Waals surface area (Å²) in [5.41, 5.74) is 5.61. The molecule has 0 bridgehead atoms. The molecule has 0 unspecified atom stereocenters. The molecule has 0 amide bonds. The summed E-state index contributed by atoms with van der Waals surface area (Å²) in [6, 6.07) is 10.3. The van der Waals surface area contributed by atoms with Gasteiger partial charge in [-0.2, -0.15) is 5.26 Å². The third-order valence-electron chi connectivity index (χ3n) is 5.95. The van der Waals surface area contributed by atoms with Gasteiger partial charge in [0, 0.05) is 36.8 Å². The number of fused-ring (bicyclic) bond motifs is 1. The van der Waals surface area contributed by atoms with Crippen LogP contribution < -0.4 is 4.74 Å². The Bertz CT molecular complexity index is 1430. The first-order valence-corrected chi connectivity index (χ1v) is 11.9. The highest BCUT2D eigenvalue weighted by Gasteiger charge is 2.18. The molecule has 0 saturated carbocycles. The van der Waals surface area contributed by atoms with E-state index in [1.54, 1.807) is 12.1 Å². The van der Waals surface area contributed by atoms with E-state index < -0.39 is 5.82 Å². The minimum absolute atomic E-state index is 0.0731. The lowest BCUT2D eigenvalue weighted by Crippen LogP contribution is -2.29. The number of benzene rings is 1. The van der Waals surface area contributed by atoms with Crippen molar-refractivity contribution in [3.05, 3.63) is 75.9 Å². The van der Waals surface area contributed by atoms with Gasteiger partial charge in [0.1, 0.15) is 23.8 Å². The van der Waals surface area contributed by atoms with E-state index in [-0.39, 0.29) is 6.61 Å². The predicted octanol–water partition coefficient (Wildman–Crippen LogP) is 4.61. The van der Waals surface area contributed by atoms with Crippen molar-refractivity contribution in [1.82, 2.24) is 24.4 Å². The molecule has 5 rings (SSSR count). The van der Waals surface area contributed by atoms with Crippen LogP contribution in [0.15, 0.2) is 41.8 Å². The molecule has 1 aliphatic heterocycles. The molecule has 0 spiro atoms. The average molecular weight is 475 g/mol. The molecular formula is C25H23FN6OS. The molecule has 1 aliphatic rings. The van der Waals surface area contributed by atoms with Crippen molar-refractivity contribution in [2.75, 3.05) is 13.1 Å². The van der Waals surface area contributed by atoms with E-state index in [1.807, 2.05) is 37.6 Å². The largest absolute Gasteiger partial charge is 0.465 e. The maximum Gasteiger partial charge on any atom is 0.274 e. The first kappa shape index (κ1) is 22.2. The maximum absolute atomic E-state index is 14.1. The third kappa shape index (κ3) is 4.55. The summed E-state index contributed by atoms with van der Waals surface area (Å²) >= 11 is 1.40. The van der Waals surface area contributed by atoms with Crippen molar-refractivity contribution in [2.45, 2.75) is 26.5 Å². The number of aromatic nitrogens is 4. The molecule has 0 atom stereocenters. The Morgan fingerprint density at radius 2 is 2.09 bits per heavy atom. The van der Waals surface area contributed by atoms with Gasteiger partial charge in [-0.05, 0) is 43.2 Å².